The predicted octanol–water partition coefficient (Wildman–Crippen LogP) is 3.67. The molecule has 2 heterocycles. The Bertz CT molecular complexity index is 763. The van der Waals surface area contributed by atoms with Gasteiger partial charge in [-0.05, 0) is 61.3 Å². The average molecular weight is 353 g/mol. The van der Waals surface area contributed by atoms with Crippen LogP contribution in [0.25, 0.3) is 11.1 Å². The van der Waals surface area contributed by atoms with Gasteiger partial charge in [-0.25, -0.2) is 0 Å². The lowest BCUT2D eigenvalue weighted by atomic mass is 9.80. The molecule has 1 saturated carbocycles. The molecule has 2 aromatic rings. The molecule has 1 atom stereocenters. The van der Waals surface area contributed by atoms with Crippen LogP contribution >= 0.6 is 0 Å². The summed E-state index contributed by atoms with van der Waals surface area (Å²) in [5.74, 6) is 1.74. The fourth-order valence-electron chi connectivity index (χ4n) is 3.81. The number of ether oxygens (including phenoxy) is 2. The van der Waals surface area contributed by atoms with Gasteiger partial charge in [0.2, 0.25) is 0 Å². The third kappa shape index (κ3) is 3.71. The molecule has 1 saturated heterocycles. The Balaban J connectivity index is 1.60. The van der Waals surface area contributed by atoms with Crippen molar-refractivity contribution in [3.8, 4) is 22.6 Å². The second kappa shape index (κ2) is 7.68. The van der Waals surface area contributed by atoms with E-state index < -0.39 is 7.12 Å². The number of hydrogen-bond acceptors (Lipinski definition) is 5. The van der Waals surface area contributed by atoms with Gasteiger partial charge in [0.1, 0.15) is 0 Å². The molecule has 1 unspecified atom stereocenters. The zero-order chi connectivity index (χ0) is 17.9. The Labute approximate surface area is 154 Å². The van der Waals surface area contributed by atoms with Gasteiger partial charge in [-0.1, -0.05) is 6.07 Å². The van der Waals surface area contributed by atoms with Crippen LogP contribution in [0.4, 0.5) is 0 Å². The number of pyridine rings is 1. The van der Waals surface area contributed by atoms with Gasteiger partial charge in [0, 0.05) is 30.5 Å². The molecule has 0 amide bonds. The Morgan fingerprint density at radius 1 is 1.12 bits per heavy atom. The second-order valence-corrected chi connectivity index (χ2v) is 7.12. The van der Waals surface area contributed by atoms with Crippen LogP contribution in [0.5, 0.6) is 11.5 Å². The normalized spacial score (nSPS) is 20.5. The highest BCUT2D eigenvalue weighted by Gasteiger charge is 2.30. The summed E-state index contributed by atoms with van der Waals surface area (Å²) in [5.41, 5.74) is 3.17. The second-order valence-electron chi connectivity index (χ2n) is 7.12. The molecule has 5 nitrogen and oxygen atoms in total. The standard InChI is InChI=1S/C20H24BNO4/c1-24-19-7-6-14(9-20(19)26-18-4-2-3-5-18)15-8-16(12-22-11-15)17-10-21(23)25-13-17/h6-9,11-12,17-18,23H,2-5,10,13H2,1H3. The zero-order valence-electron chi connectivity index (χ0n) is 15.1. The third-order valence-electron chi connectivity index (χ3n) is 5.30. The number of nitrogens with zero attached hydrogens (tertiary/aromatic N) is 1. The van der Waals surface area contributed by atoms with Crippen molar-refractivity contribution in [3.63, 3.8) is 0 Å². The first kappa shape index (κ1) is 17.4. The summed E-state index contributed by atoms with van der Waals surface area (Å²) in [4.78, 5) is 4.40. The Kier molecular flexibility index (Phi) is 5.13. The van der Waals surface area contributed by atoms with Gasteiger partial charge in [-0.2, -0.15) is 0 Å². The maximum Gasteiger partial charge on any atom is 0.454 e. The predicted molar refractivity (Wildman–Crippen MR) is 101 cm³/mol. The zero-order valence-corrected chi connectivity index (χ0v) is 15.1. The highest BCUT2D eigenvalue weighted by atomic mass is 16.5. The van der Waals surface area contributed by atoms with Gasteiger partial charge in [0.05, 0.1) is 13.2 Å². The van der Waals surface area contributed by atoms with Crippen LogP contribution in [-0.4, -0.2) is 36.9 Å². The first-order valence-electron chi connectivity index (χ1n) is 9.32. The first-order valence-corrected chi connectivity index (χ1v) is 9.32. The molecule has 6 heteroatoms. The molecule has 0 spiro atoms. The topological polar surface area (TPSA) is 60.8 Å². The molecule has 1 aliphatic heterocycles. The van der Waals surface area contributed by atoms with Gasteiger partial charge in [0.15, 0.2) is 11.5 Å². The third-order valence-corrected chi connectivity index (χ3v) is 5.30. The molecule has 136 valence electrons. The van der Waals surface area contributed by atoms with Crippen molar-refractivity contribution in [1.82, 2.24) is 4.98 Å². The summed E-state index contributed by atoms with van der Waals surface area (Å²) in [5, 5.41) is 9.60. The van der Waals surface area contributed by atoms with E-state index in [0.29, 0.717) is 12.9 Å². The lowest BCUT2D eigenvalue weighted by molar-refractivity contribution is 0.201. The molecule has 1 N–H and O–H groups in total. The van der Waals surface area contributed by atoms with Gasteiger partial charge in [0.25, 0.3) is 0 Å². The quantitative estimate of drug-likeness (QED) is 0.831. The Morgan fingerprint density at radius 2 is 1.96 bits per heavy atom. The summed E-state index contributed by atoms with van der Waals surface area (Å²) in [6, 6.07) is 8.15. The van der Waals surface area contributed by atoms with Gasteiger partial charge >= 0.3 is 7.12 Å². The van der Waals surface area contributed by atoms with Gasteiger partial charge in [-0.3, -0.25) is 4.98 Å². The van der Waals surface area contributed by atoms with E-state index in [4.69, 9.17) is 14.1 Å². The Hall–Kier alpha value is -2.05. The van der Waals surface area contributed by atoms with E-state index in [9.17, 15) is 5.02 Å². The van der Waals surface area contributed by atoms with E-state index in [1.54, 1.807) is 7.11 Å². The molecule has 0 bridgehead atoms. The van der Waals surface area contributed by atoms with E-state index >= 15 is 0 Å². The monoisotopic (exact) mass is 353 g/mol. The van der Waals surface area contributed by atoms with Crippen molar-refractivity contribution in [2.75, 3.05) is 13.7 Å². The highest BCUT2D eigenvalue weighted by Crippen LogP contribution is 2.36. The van der Waals surface area contributed by atoms with Gasteiger partial charge in [-0.15, -0.1) is 0 Å². The number of aromatic nitrogens is 1. The number of hydrogen-bond donors (Lipinski definition) is 1. The van der Waals surface area contributed by atoms with Gasteiger partial charge < -0.3 is 19.2 Å². The van der Waals surface area contributed by atoms with E-state index in [1.807, 2.05) is 30.6 Å². The maximum absolute atomic E-state index is 9.60. The molecular formula is C20H24BNO4. The van der Waals surface area contributed by atoms with Crippen molar-refractivity contribution in [2.45, 2.75) is 44.0 Å². The summed E-state index contributed by atoms with van der Waals surface area (Å²) < 4.78 is 17.0. The minimum absolute atomic E-state index is 0.185. The molecular weight excluding hydrogens is 329 g/mol. The molecule has 0 radical (unpaired) electrons. The number of methoxy groups -OCH3 is 1. The fraction of sp³-hybridized carbons (Fsp3) is 0.450. The lowest BCUT2D eigenvalue weighted by Crippen LogP contribution is -2.11. The first-order chi connectivity index (χ1) is 12.7. The average Bonchev–Trinajstić information content (AvgIpc) is 3.33. The molecule has 1 aromatic heterocycles. The van der Waals surface area contributed by atoms with Crippen LogP contribution < -0.4 is 9.47 Å². The number of benzene rings is 1. The van der Waals surface area contributed by atoms with Crippen molar-refractivity contribution < 1.29 is 19.2 Å². The van der Waals surface area contributed by atoms with Crippen LogP contribution in [0.2, 0.25) is 6.32 Å². The molecule has 26 heavy (non-hydrogen) atoms. The molecule has 2 aliphatic rings. The largest absolute Gasteiger partial charge is 0.493 e. The fourth-order valence-corrected chi connectivity index (χ4v) is 3.81. The van der Waals surface area contributed by atoms with Crippen molar-refractivity contribution in [2.24, 2.45) is 0 Å². The SMILES string of the molecule is COc1ccc(-c2cncc(C3COB(O)C3)c2)cc1OC1CCCC1. The minimum atomic E-state index is -0.670. The van der Waals surface area contributed by atoms with Crippen LogP contribution in [-0.2, 0) is 4.65 Å². The summed E-state index contributed by atoms with van der Waals surface area (Å²) in [7, 11) is 1.00. The van der Waals surface area contributed by atoms with Crippen LogP contribution in [0, 0.1) is 0 Å². The lowest BCUT2D eigenvalue weighted by Gasteiger charge is -2.17. The van der Waals surface area contributed by atoms with Crippen molar-refractivity contribution >= 4 is 7.12 Å². The van der Waals surface area contributed by atoms with Crippen LogP contribution in [0.3, 0.4) is 0 Å². The summed E-state index contributed by atoms with van der Waals surface area (Å²) in [6.07, 6.45) is 9.28. The van der Waals surface area contributed by atoms with E-state index in [-0.39, 0.29) is 12.0 Å². The van der Waals surface area contributed by atoms with Crippen molar-refractivity contribution in [1.29, 1.82) is 0 Å². The highest BCUT2D eigenvalue weighted by molar-refractivity contribution is 6.43. The van der Waals surface area contributed by atoms with E-state index in [2.05, 4.69) is 11.1 Å². The van der Waals surface area contributed by atoms with E-state index in [1.165, 1.54) is 12.8 Å². The molecule has 1 aliphatic carbocycles. The summed E-state index contributed by atoms with van der Waals surface area (Å²) in [6.45, 7) is 0.533. The minimum Gasteiger partial charge on any atom is -0.493 e. The van der Waals surface area contributed by atoms with Crippen LogP contribution in [0.1, 0.15) is 37.2 Å². The van der Waals surface area contributed by atoms with Crippen LogP contribution in [0.15, 0.2) is 36.7 Å². The Morgan fingerprint density at radius 3 is 2.69 bits per heavy atom. The number of rotatable bonds is 5. The van der Waals surface area contributed by atoms with Crippen molar-refractivity contribution in [3.05, 3.63) is 42.2 Å². The maximum atomic E-state index is 9.60. The summed E-state index contributed by atoms with van der Waals surface area (Å²) >= 11 is 0. The molecule has 4 rings (SSSR count). The molecule has 2 fully saturated rings. The smallest absolute Gasteiger partial charge is 0.454 e. The molecule has 1 aromatic carbocycles. The van der Waals surface area contributed by atoms with E-state index in [0.717, 1.165) is 41.0 Å².